The van der Waals surface area contributed by atoms with Gasteiger partial charge in [0, 0.05) is 44.7 Å². The summed E-state index contributed by atoms with van der Waals surface area (Å²) in [7, 11) is 0. The highest BCUT2D eigenvalue weighted by molar-refractivity contribution is 6.11. The van der Waals surface area contributed by atoms with Crippen LogP contribution in [-0.4, -0.2) is 14.1 Å². The molecule has 11 rings (SSSR count). The first-order valence-electron chi connectivity index (χ1n) is 19.2. The Kier molecular flexibility index (Phi) is 7.52. The Hall–Kier alpha value is -7.43. The molecule has 4 heterocycles. The summed E-state index contributed by atoms with van der Waals surface area (Å²) < 4.78 is 4.84. The molecule has 1 aliphatic heterocycles. The molecular formula is C52H36N4. The highest BCUT2D eigenvalue weighted by Crippen LogP contribution is 2.40. The van der Waals surface area contributed by atoms with Crippen LogP contribution < -0.4 is 5.32 Å². The molecule has 0 bridgehead atoms. The summed E-state index contributed by atoms with van der Waals surface area (Å²) in [4.78, 5) is 4.72. The Morgan fingerprint density at radius 2 is 0.982 bits per heavy atom. The van der Waals surface area contributed by atoms with Gasteiger partial charge in [0.2, 0.25) is 0 Å². The van der Waals surface area contributed by atoms with E-state index in [0.29, 0.717) is 0 Å². The van der Waals surface area contributed by atoms with Crippen molar-refractivity contribution < 1.29 is 0 Å². The van der Waals surface area contributed by atoms with Gasteiger partial charge in [0.25, 0.3) is 0 Å². The van der Waals surface area contributed by atoms with Crippen LogP contribution in [0.15, 0.2) is 206 Å². The highest BCUT2D eigenvalue weighted by Gasteiger charge is 2.21. The number of aromatic nitrogens is 3. The zero-order valence-electron chi connectivity index (χ0n) is 30.5. The lowest BCUT2D eigenvalue weighted by Crippen LogP contribution is -2.22. The Morgan fingerprint density at radius 1 is 0.446 bits per heavy atom. The number of nitrogens with zero attached hydrogens (tertiary/aromatic N) is 3. The van der Waals surface area contributed by atoms with E-state index in [2.05, 4.69) is 209 Å². The number of hydrogen-bond donors (Lipinski definition) is 1. The van der Waals surface area contributed by atoms with Crippen molar-refractivity contribution in [3.05, 3.63) is 223 Å². The molecule has 0 aliphatic carbocycles. The van der Waals surface area contributed by atoms with Crippen LogP contribution in [0.1, 0.15) is 22.9 Å². The van der Waals surface area contributed by atoms with Crippen LogP contribution in [0.2, 0.25) is 0 Å². The van der Waals surface area contributed by atoms with Gasteiger partial charge < -0.3 is 14.5 Å². The minimum Gasteiger partial charge on any atom is -0.373 e. The normalized spacial score (nSPS) is 14.2. The number of allylic oxidation sites excluding steroid dienone is 2. The number of pyridine rings is 1. The average molecular weight is 717 g/mol. The Morgan fingerprint density at radius 3 is 1.57 bits per heavy atom. The summed E-state index contributed by atoms with van der Waals surface area (Å²) in [6, 6.07) is 67.6. The second-order valence-corrected chi connectivity index (χ2v) is 14.4. The zero-order chi connectivity index (χ0) is 37.0. The van der Waals surface area contributed by atoms with E-state index >= 15 is 0 Å². The van der Waals surface area contributed by atoms with Crippen molar-refractivity contribution >= 4 is 54.9 Å². The first-order valence-corrected chi connectivity index (χ1v) is 19.2. The second-order valence-electron chi connectivity index (χ2n) is 14.4. The van der Waals surface area contributed by atoms with Crippen LogP contribution in [0.25, 0.3) is 77.4 Å². The van der Waals surface area contributed by atoms with E-state index in [1.165, 1.54) is 54.7 Å². The van der Waals surface area contributed by atoms with E-state index in [-0.39, 0.29) is 6.04 Å². The smallest absolute Gasteiger partial charge is 0.0879 e. The first-order chi connectivity index (χ1) is 27.8. The lowest BCUT2D eigenvalue weighted by Gasteiger charge is -2.25. The van der Waals surface area contributed by atoms with Crippen molar-refractivity contribution in [3.63, 3.8) is 0 Å². The van der Waals surface area contributed by atoms with Gasteiger partial charge in [0.15, 0.2) is 0 Å². The molecule has 1 atom stereocenters. The van der Waals surface area contributed by atoms with Crippen molar-refractivity contribution in [1.29, 1.82) is 0 Å². The fourth-order valence-corrected chi connectivity index (χ4v) is 8.63. The molecule has 264 valence electrons. The molecule has 7 aromatic carbocycles. The Labute approximate surface area is 324 Å². The van der Waals surface area contributed by atoms with Gasteiger partial charge >= 0.3 is 0 Å². The summed E-state index contributed by atoms with van der Waals surface area (Å²) in [6.45, 7) is 0. The number of nitrogens with one attached hydrogen (secondary N) is 1. The number of dihydropyridines is 1. The topological polar surface area (TPSA) is 34.8 Å². The van der Waals surface area contributed by atoms with Gasteiger partial charge in [-0.2, -0.15) is 0 Å². The molecule has 0 fully saturated rings. The van der Waals surface area contributed by atoms with Crippen LogP contribution >= 0.6 is 0 Å². The quantitative estimate of drug-likeness (QED) is 0.186. The predicted octanol–water partition coefficient (Wildman–Crippen LogP) is 12.7. The third-order valence-electron chi connectivity index (χ3n) is 11.2. The molecule has 3 aromatic heterocycles. The SMILES string of the molecule is C1=C(c2ccccc2)C=C(c2ccc(-c3cc(-n4c5ccccc5c5ccccc54)ccc3-n3c4ccccc4c4ccccc43)cc2)NC1c1ccccn1. The second kappa shape index (κ2) is 13.2. The van der Waals surface area contributed by atoms with Crippen LogP contribution in [0, 0.1) is 0 Å². The minimum atomic E-state index is -0.0594. The molecule has 0 radical (unpaired) electrons. The molecule has 4 heteroatoms. The Balaban J connectivity index is 1.09. The molecular weight excluding hydrogens is 681 g/mol. The van der Waals surface area contributed by atoms with Gasteiger partial charge in [-0.05, 0) is 89.0 Å². The van der Waals surface area contributed by atoms with Gasteiger partial charge in [-0.3, -0.25) is 4.98 Å². The summed E-state index contributed by atoms with van der Waals surface area (Å²) in [5, 5.41) is 8.79. The van der Waals surface area contributed by atoms with E-state index in [9.17, 15) is 0 Å². The number of rotatable bonds is 6. The average Bonchev–Trinajstić information content (AvgIpc) is 3.80. The van der Waals surface area contributed by atoms with Gasteiger partial charge in [-0.25, -0.2) is 0 Å². The van der Waals surface area contributed by atoms with Crippen LogP contribution in [-0.2, 0) is 0 Å². The predicted molar refractivity (Wildman–Crippen MR) is 233 cm³/mol. The van der Waals surface area contributed by atoms with E-state index < -0.39 is 0 Å². The molecule has 0 saturated heterocycles. The summed E-state index contributed by atoms with van der Waals surface area (Å²) in [6.07, 6.45) is 6.39. The van der Waals surface area contributed by atoms with Crippen molar-refractivity contribution in [2.24, 2.45) is 0 Å². The molecule has 1 N–H and O–H groups in total. The summed E-state index contributed by atoms with van der Waals surface area (Å²) in [5.74, 6) is 0. The van der Waals surface area contributed by atoms with E-state index in [0.717, 1.165) is 39.5 Å². The van der Waals surface area contributed by atoms with E-state index in [1.807, 2.05) is 12.3 Å². The van der Waals surface area contributed by atoms with E-state index in [1.54, 1.807) is 0 Å². The molecule has 56 heavy (non-hydrogen) atoms. The lowest BCUT2D eigenvalue weighted by molar-refractivity contribution is 0.739. The Bertz CT molecular complexity index is 3040. The van der Waals surface area contributed by atoms with Crippen LogP contribution in [0.5, 0.6) is 0 Å². The maximum absolute atomic E-state index is 4.72. The molecule has 0 spiro atoms. The largest absolute Gasteiger partial charge is 0.373 e. The molecule has 10 aromatic rings. The third kappa shape index (κ3) is 5.26. The molecule has 1 unspecified atom stereocenters. The summed E-state index contributed by atoms with van der Waals surface area (Å²) in [5.41, 5.74) is 14.9. The van der Waals surface area contributed by atoms with Gasteiger partial charge in [-0.15, -0.1) is 0 Å². The molecule has 0 amide bonds. The maximum Gasteiger partial charge on any atom is 0.0879 e. The van der Waals surface area contributed by atoms with Crippen LogP contribution in [0.3, 0.4) is 0 Å². The maximum atomic E-state index is 4.72. The first kappa shape index (κ1) is 32.0. The van der Waals surface area contributed by atoms with E-state index in [4.69, 9.17) is 4.98 Å². The molecule has 1 aliphatic rings. The summed E-state index contributed by atoms with van der Waals surface area (Å²) >= 11 is 0. The van der Waals surface area contributed by atoms with Crippen LogP contribution in [0.4, 0.5) is 0 Å². The van der Waals surface area contributed by atoms with Crippen molar-refractivity contribution in [2.45, 2.75) is 6.04 Å². The minimum absolute atomic E-state index is 0.0594. The number of hydrogen-bond acceptors (Lipinski definition) is 2. The monoisotopic (exact) mass is 716 g/mol. The van der Waals surface area contributed by atoms with Gasteiger partial charge in [0.1, 0.15) is 0 Å². The highest BCUT2D eigenvalue weighted by atomic mass is 15.0. The number of benzene rings is 7. The fourth-order valence-electron chi connectivity index (χ4n) is 8.63. The third-order valence-corrected chi connectivity index (χ3v) is 11.2. The van der Waals surface area contributed by atoms with Crippen molar-refractivity contribution in [1.82, 2.24) is 19.4 Å². The fraction of sp³-hybridized carbons (Fsp3) is 0.0192. The standard InChI is InChI=1S/C52H36N4/c1-2-14-35(15-3-1)38-32-46(54-47(33-38)45-20-12-13-31-53-45)37-27-25-36(26-28-37)44-34-39(55-48-21-8-4-16-40(48)41-17-5-9-22-49(41)55)29-30-52(44)56-50-23-10-6-18-42(50)43-19-7-11-24-51(43)56/h1-34,47,54H. The van der Waals surface area contributed by atoms with Gasteiger partial charge in [0.05, 0.1) is 39.5 Å². The van der Waals surface area contributed by atoms with Gasteiger partial charge in [-0.1, -0.05) is 133 Å². The number of para-hydroxylation sites is 4. The number of fused-ring (bicyclic) bond motifs is 6. The van der Waals surface area contributed by atoms with Crippen molar-refractivity contribution in [2.75, 3.05) is 0 Å². The zero-order valence-corrected chi connectivity index (χ0v) is 30.5. The van der Waals surface area contributed by atoms with Crippen molar-refractivity contribution in [3.8, 4) is 22.5 Å². The molecule has 0 saturated carbocycles. The molecule has 4 nitrogen and oxygen atoms in total. The lowest BCUT2D eigenvalue weighted by atomic mass is 9.94.